The van der Waals surface area contributed by atoms with Crippen LogP contribution >= 0.6 is 0 Å². The molecule has 2 heterocycles. The first-order valence-corrected chi connectivity index (χ1v) is 13.3. The van der Waals surface area contributed by atoms with E-state index in [1.807, 2.05) is 18.2 Å². The third-order valence-electron chi connectivity index (χ3n) is 8.69. The maximum Gasteiger partial charge on any atom is 0.416 e. The van der Waals surface area contributed by atoms with Gasteiger partial charge in [-0.3, -0.25) is 24.1 Å². The molecule has 1 unspecified atom stereocenters. The Morgan fingerprint density at radius 2 is 1.57 bits per heavy atom. The number of nitrogens with one attached hydrogen (secondary N) is 1. The van der Waals surface area contributed by atoms with Crippen LogP contribution in [0.4, 0.5) is 17.6 Å². The van der Waals surface area contributed by atoms with Crippen LogP contribution in [0, 0.1) is 11.2 Å². The lowest BCUT2D eigenvalue weighted by Crippen LogP contribution is -2.60. The predicted octanol–water partition coefficient (Wildman–Crippen LogP) is 4.28. The number of nitrogens with zero attached hydrogens (tertiary/aromatic N) is 2. The number of likely N-dealkylation sites (tertiary alicyclic amines) is 2. The molecular weight excluding hydrogens is 530 g/mol. The highest BCUT2D eigenvalue weighted by Gasteiger charge is 2.60. The van der Waals surface area contributed by atoms with Crippen molar-refractivity contribution >= 4 is 23.6 Å². The van der Waals surface area contributed by atoms with Crippen LogP contribution in [0.5, 0.6) is 0 Å². The monoisotopic (exact) mass is 559 g/mol. The van der Waals surface area contributed by atoms with Gasteiger partial charge in [0.1, 0.15) is 11.4 Å². The molecule has 2 aliphatic heterocycles. The third-order valence-corrected chi connectivity index (χ3v) is 8.69. The topological polar surface area (TPSA) is 86.8 Å². The Labute approximate surface area is 228 Å². The number of hydrogen-bond acceptors (Lipinski definition) is 4. The van der Waals surface area contributed by atoms with Crippen molar-refractivity contribution in [2.45, 2.75) is 56.2 Å². The van der Waals surface area contributed by atoms with E-state index in [1.165, 1.54) is 11.9 Å². The second-order valence-corrected chi connectivity index (χ2v) is 10.9. The molecule has 3 aliphatic rings. The Bertz CT molecular complexity index is 1350. The molecule has 3 fully saturated rings. The van der Waals surface area contributed by atoms with Gasteiger partial charge in [0, 0.05) is 20.1 Å². The van der Waals surface area contributed by atoms with Crippen LogP contribution in [0.2, 0.25) is 0 Å². The molecule has 1 N–H and O–H groups in total. The molecule has 40 heavy (non-hydrogen) atoms. The minimum Gasteiger partial charge on any atom is -0.341 e. The minimum absolute atomic E-state index is 0.157. The van der Waals surface area contributed by atoms with Gasteiger partial charge in [-0.2, -0.15) is 13.2 Å². The highest BCUT2D eigenvalue weighted by molar-refractivity contribution is 6.10. The molecule has 0 radical (unpaired) electrons. The van der Waals surface area contributed by atoms with Gasteiger partial charge in [0.15, 0.2) is 0 Å². The van der Waals surface area contributed by atoms with Crippen LogP contribution in [-0.4, -0.2) is 59.1 Å². The predicted molar refractivity (Wildman–Crippen MR) is 135 cm³/mol. The molecule has 1 saturated carbocycles. The summed E-state index contributed by atoms with van der Waals surface area (Å²) in [6, 6.07) is 10.6. The zero-order valence-corrected chi connectivity index (χ0v) is 21.9. The Hall–Kier alpha value is -3.76. The minimum atomic E-state index is -4.77. The van der Waals surface area contributed by atoms with Crippen molar-refractivity contribution in [2.75, 3.05) is 20.1 Å². The van der Waals surface area contributed by atoms with Crippen molar-refractivity contribution < 1.29 is 36.7 Å². The molecule has 2 saturated heterocycles. The van der Waals surface area contributed by atoms with Gasteiger partial charge in [0.2, 0.25) is 17.7 Å². The van der Waals surface area contributed by atoms with Crippen molar-refractivity contribution in [1.82, 2.24) is 15.1 Å². The quantitative estimate of drug-likeness (QED) is 0.448. The normalized spacial score (nSPS) is 22.2. The van der Waals surface area contributed by atoms with Gasteiger partial charge in [0.25, 0.3) is 5.91 Å². The van der Waals surface area contributed by atoms with Crippen LogP contribution in [0.1, 0.15) is 65.9 Å². The number of alkyl halides is 3. The molecule has 1 atom stereocenters. The molecule has 11 heteroatoms. The summed E-state index contributed by atoms with van der Waals surface area (Å²) in [7, 11) is 1.46. The van der Waals surface area contributed by atoms with Crippen LogP contribution in [-0.2, 0) is 20.6 Å². The number of benzene rings is 2. The van der Waals surface area contributed by atoms with E-state index in [2.05, 4.69) is 5.32 Å². The number of hydrogen-bond donors (Lipinski definition) is 1. The summed E-state index contributed by atoms with van der Waals surface area (Å²) in [5.74, 6) is -3.88. The molecule has 0 aromatic heterocycles. The lowest BCUT2D eigenvalue weighted by molar-refractivity contribution is -0.146. The van der Waals surface area contributed by atoms with Gasteiger partial charge in [-0.25, -0.2) is 4.39 Å². The van der Waals surface area contributed by atoms with Crippen molar-refractivity contribution in [3.8, 4) is 0 Å². The number of rotatable bonds is 4. The van der Waals surface area contributed by atoms with E-state index in [4.69, 9.17) is 0 Å². The first kappa shape index (κ1) is 27.8. The van der Waals surface area contributed by atoms with Crippen LogP contribution in [0.15, 0.2) is 48.5 Å². The molecule has 2 aromatic rings. The number of piperidine rings is 1. The van der Waals surface area contributed by atoms with E-state index < -0.39 is 51.8 Å². The lowest BCUT2D eigenvalue weighted by atomic mass is 9.67. The number of amides is 4. The highest BCUT2D eigenvalue weighted by atomic mass is 19.4. The summed E-state index contributed by atoms with van der Waals surface area (Å²) in [5.41, 5.74) is -3.62. The number of likely N-dealkylation sites (N-methyl/N-ethyl adjacent to an activating group) is 1. The average Bonchev–Trinajstić information content (AvgIpc) is 3.47. The van der Waals surface area contributed by atoms with Gasteiger partial charge in [-0.05, 0) is 49.4 Å². The fraction of sp³-hybridized carbons (Fsp3) is 0.448. The number of carbonyl (C=O) groups excluding carboxylic acids is 4. The maximum absolute atomic E-state index is 14.4. The first-order valence-electron chi connectivity index (χ1n) is 13.3. The van der Waals surface area contributed by atoms with E-state index >= 15 is 0 Å². The molecule has 212 valence electrons. The molecule has 4 amide bonds. The molecular formula is C29H29F4N3O4. The Balaban J connectivity index is 1.37. The lowest BCUT2D eigenvalue weighted by Gasteiger charge is -2.43. The summed E-state index contributed by atoms with van der Waals surface area (Å²) < 4.78 is 54.0. The number of imide groups is 1. The second-order valence-electron chi connectivity index (χ2n) is 10.9. The molecule has 1 spiro atoms. The standard InChI is InChI=1S/C29H29F4N3O4/c1-35-24(38)22(18-7-3-2-4-8-18)27(25(35)39)13-15-36(16-14-27)26(40)28(11-5-6-12-28)34-23(37)20-17-19(29(31,32)33)9-10-21(20)30/h2-4,7-10,17,22H,5-6,11-16H2,1H3,(H,34,37). The zero-order chi connectivity index (χ0) is 28.9. The van der Waals surface area contributed by atoms with Gasteiger partial charge < -0.3 is 10.2 Å². The van der Waals surface area contributed by atoms with Crippen molar-refractivity contribution in [3.05, 3.63) is 71.0 Å². The summed E-state index contributed by atoms with van der Waals surface area (Å²) in [6.07, 6.45) is -2.58. The van der Waals surface area contributed by atoms with Gasteiger partial charge in [-0.15, -0.1) is 0 Å². The van der Waals surface area contributed by atoms with Gasteiger partial charge in [-0.1, -0.05) is 43.2 Å². The Morgan fingerprint density at radius 3 is 2.17 bits per heavy atom. The van der Waals surface area contributed by atoms with Crippen LogP contribution < -0.4 is 5.32 Å². The summed E-state index contributed by atoms with van der Waals surface area (Å²) in [5, 5.41) is 2.58. The van der Waals surface area contributed by atoms with E-state index in [-0.39, 0.29) is 50.6 Å². The molecule has 5 rings (SSSR count). The highest BCUT2D eigenvalue weighted by Crippen LogP contribution is 2.51. The second kappa shape index (κ2) is 10.0. The number of halogens is 4. The van der Waals surface area contributed by atoms with Crippen molar-refractivity contribution in [1.29, 1.82) is 0 Å². The fourth-order valence-electron chi connectivity index (χ4n) is 6.54. The Kier molecular flexibility index (Phi) is 6.96. The zero-order valence-electron chi connectivity index (χ0n) is 21.9. The van der Waals surface area contributed by atoms with Gasteiger partial charge in [0.05, 0.1) is 22.5 Å². The summed E-state index contributed by atoms with van der Waals surface area (Å²) in [4.78, 5) is 56.0. The molecule has 0 bridgehead atoms. The summed E-state index contributed by atoms with van der Waals surface area (Å²) >= 11 is 0. The van der Waals surface area contributed by atoms with Gasteiger partial charge >= 0.3 is 6.18 Å². The fourth-order valence-corrected chi connectivity index (χ4v) is 6.54. The maximum atomic E-state index is 14.4. The van der Waals surface area contributed by atoms with Crippen molar-refractivity contribution in [3.63, 3.8) is 0 Å². The molecule has 2 aromatic carbocycles. The average molecular weight is 560 g/mol. The van der Waals surface area contributed by atoms with E-state index in [1.54, 1.807) is 12.1 Å². The molecule has 7 nitrogen and oxygen atoms in total. The SMILES string of the molecule is CN1C(=O)C(c2ccccc2)C2(CCN(C(=O)C3(NC(=O)c4cc(C(F)(F)F)ccc4F)CCCC3)CC2)C1=O. The Morgan fingerprint density at radius 1 is 0.950 bits per heavy atom. The van der Waals surface area contributed by atoms with E-state index in [0.29, 0.717) is 31.0 Å². The first-order chi connectivity index (χ1) is 18.9. The van der Waals surface area contributed by atoms with E-state index in [9.17, 15) is 36.7 Å². The van der Waals surface area contributed by atoms with Crippen LogP contribution in [0.25, 0.3) is 0 Å². The largest absolute Gasteiger partial charge is 0.416 e. The molecule has 1 aliphatic carbocycles. The smallest absolute Gasteiger partial charge is 0.341 e. The van der Waals surface area contributed by atoms with E-state index in [0.717, 1.165) is 10.5 Å². The third kappa shape index (κ3) is 4.54. The van der Waals surface area contributed by atoms with Crippen LogP contribution in [0.3, 0.4) is 0 Å². The van der Waals surface area contributed by atoms with Crippen molar-refractivity contribution in [2.24, 2.45) is 5.41 Å². The summed E-state index contributed by atoms with van der Waals surface area (Å²) in [6.45, 7) is 0.315. The number of carbonyl (C=O) groups is 4.